The van der Waals surface area contributed by atoms with E-state index < -0.39 is 5.54 Å². The molecule has 0 spiro atoms. The third-order valence-corrected chi connectivity index (χ3v) is 4.00. The van der Waals surface area contributed by atoms with Gasteiger partial charge in [0.2, 0.25) is 0 Å². The molecule has 1 aromatic heterocycles. The van der Waals surface area contributed by atoms with Crippen LogP contribution in [0.1, 0.15) is 31.5 Å². The molecular weight excluding hydrogens is 270 g/mol. The van der Waals surface area contributed by atoms with Crippen LogP contribution in [0.25, 0.3) is 11.5 Å². The molecule has 2 N–H and O–H groups in total. The van der Waals surface area contributed by atoms with Crippen LogP contribution in [-0.2, 0) is 5.54 Å². The Kier molecular flexibility index (Phi) is 3.55. The van der Waals surface area contributed by atoms with E-state index in [2.05, 4.69) is 10.1 Å². The lowest BCUT2D eigenvalue weighted by Gasteiger charge is -2.17. The number of methoxy groups -OCH3 is 2. The number of aromatic nitrogens is 2. The zero-order chi connectivity index (χ0) is 14.9. The molecule has 0 bridgehead atoms. The summed E-state index contributed by atoms with van der Waals surface area (Å²) in [5.74, 6) is 2.32. The second-order valence-electron chi connectivity index (χ2n) is 5.36. The highest BCUT2D eigenvalue weighted by molar-refractivity contribution is 5.59. The summed E-state index contributed by atoms with van der Waals surface area (Å²) >= 11 is 0. The summed E-state index contributed by atoms with van der Waals surface area (Å²) in [7, 11) is 3.19. The van der Waals surface area contributed by atoms with E-state index in [1.54, 1.807) is 14.2 Å². The number of rotatable bonds is 4. The Hall–Kier alpha value is -2.08. The largest absolute Gasteiger partial charge is 0.493 e. The van der Waals surface area contributed by atoms with E-state index in [-0.39, 0.29) is 0 Å². The van der Waals surface area contributed by atoms with Gasteiger partial charge in [-0.25, -0.2) is 0 Å². The van der Waals surface area contributed by atoms with E-state index >= 15 is 0 Å². The molecule has 1 aliphatic rings. The SMILES string of the molecule is COc1ccc(-c2nc(C3(N)CCCC3)no2)cc1OC. The van der Waals surface area contributed by atoms with Crippen molar-refractivity contribution in [1.29, 1.82) is 0 Å². The lowest BCUT2D eigenvalue weighted by atomic mass is 9.99. The van der Waals surface area contributed by atoms with E-state index in [9.17, 15) is 0 Å². The maximum Gasteiger partial charge on any atom is 0.258 e. The quantitative estimate of drug-likeness (QED) is 0.931. The van der Waals surface area contributed by atoms with Crippen LogP contribution in [0.4, 0.5) is 0 Å². The van der Waals surface area contributed by atoms with Crippen LogP contribution < -0.4 is 15.2 Å². The van der Waals surface area contributed by atoms with Gasteiger partial charge in [-0.3, -0.25) is 0 Å². The van der Waals surface area contributed by atoms with Gasteiger partial charge in [0, 0.05) is 5.56 Å². The van der Waals surface area contributed by atoms with E-state index in [0.29, 0.717) is 23.2 Å². The van der Waals surface area contributed by atoms with Gasteiger partial charge in [-0.05, 0) is 31.0 Å². The fourth-order valence-corrected chi connectivity index (χ4v) is 2.74. The van der Waals surface area contributed by atoms with Crippen molar-refractivity contribution in [3.8, 4) is 23.0 Å². The molecule has 6 nitrogen and oxygen atoms in total. The molecule has 6 heteroatoms. The summed E-state index contributed by atoms with van der Waals surface area (Å²) in [6, 6.07) is 5.48. The van der Waals surface area contributed by atoms with Crippen LogP contribution in [0.2, 0.25) is 0 Å². The normalized spacial score (nSPS) is 16.9. The molecule has 1 saturated carbocycles. The number of hydrogen-bond donors (Lipinski definition) is 1. The Morgan fingerprint density at radius 2 is 1.86 bits per heavy atom. The van der Waals surface area contributed by atoms with E-state index in [1.807, 2.05) is 18.2 Å². The predicted octanol–water partition coefficient (Wildman–Crippen LogP) is 2.48. The van der Waals surface area contributed by atoms with Crippen LogP contribution >= 0.6 is 0 Å². The van der Waals surface area contributed by atoms with Crippen molar-refractivity contribution >= 4 is 0 Å². The Balaban J connectivity index is 1.93. The van der Waals surface area contributed by atoms with Gasteiger partial charge < -0.3 is 19.7 Å². The molecule has 1 fully saturated rings. The molecule has 0 aliphatic heterocycles. The number of nitrogens with zero attached hydrogens (tertiary/aromatic N) is 2. The lowest BCUT2D eigenvalue weighted by Crippen LogP contribution is -2.34. The molecule has 112 valence electrons. The molecule has 0 amide bonds. The predicted molar refractivity (Wildman–Crippen MR) is 77.2 cm³/mol. The van der Waals surface area contributed by atoms with Gasteiger partial charge in [-0.2, -0.15) is 4.98 Å². The van der Waals surface area contributed by atoms with Gasteiger partial charge in [0.05, 0.1) is 19.8 Å². The zero-order valence-electron chi connectivity index (χ0n) is 12.3. The average Bonchev–Trinajstić information content (AvgIpc) is 3.16. The maximum atomic E-state index is 6.34. The third kappa shape index (κ3) is 2.47. The van der Waals surface area contributed by atoms with Gasteiger partial charge in [0.25, 0.3) is 5.89 Å². The maximum absolute atomic E-state index is 6.34. The highest BCUT2D eigenvalue weighted by Gasteiger charge is 2.36. The third-order valence-electron chi connectivity index (χ3n) is 4.00. The van der Waals surface area contributed by atoms with E-state index in [0.717, 1.165) is 31.2 Å². The standard InChI is InChI=1S/C15H19N3O3/c1-19-11-6-5-10(9-12(11)20-2)13-17-14(18-21-13)15(16)7-3-4-8-15/h5-6,9H,3-4,7-8,16H2,1-2H3. The summed E-state index contributed by atoms with van der Waals surface area (Å²) in [6.45, 7) is 0. The fourth-order valence-electron chi connectivity index (χ4n) is 2.74. The van der Waals surface area contributed by atoms with E-state index in [1.165, 1.54) is 0 Å². The summed E-state index contributed by atoms with van der Waals surface area (Å²) in [6.07, 6.45) is 4.02. The van der Waals surface area contributed by atoms with Crippen LogP contribution in [0.3, 0.4) is 0 Å². The minimum atomic E-state index is -0.446. The summed E-state index contributed by atoms with van der Waals surface area (Å²) in [5, 5.41) is 4.06. The first-order valence-corrected chi connectivity index (χ1v) is 7.02. The van der Waals surface area contributed by atoms with Crippen molar-refractivity contribution < 1.29 is 14.0 Å². The van der Waals surface area contributed by atoms with Gasteiger partial charge in [0.1, 0.15) is 0 Å². The highest BCUT2D eigenvalue weighted by Crippen LogP contribution is 2.36. The molecule has 0 radical (unpaired) electrons. The molecule has 1 heterocycles. The number of benzene rings is 1. The Labute approximate surface area is 123 Å². The molecule has 1 aromatic carbocycles. The molecule has 21 heavy (non-hydrogen) atoms. The summed E-state index contributed by atoms with van der Waals surface area (Å²) in [4.78, 5) is 4.47. The first-order valence-electron chi connectivity index (χ1n) is 7.02. The molecule has 0 atom stereocenters. The summed E-state index contributed by atoms with van der Waals surface area (Å²) in [5.41, 5.74) is 6.68. The van der Waals surface area contributed by atoms with Gasteiger partial charge in [0.15, 0.2) is 17.3 Å². The van der Waals surface area contributed by atoms with Crippen molar-refractivity contribution in [2.45, 2.75) is 31.2 Å². The summed E-state index contributed by atoms with van der Waals surface area (Å²) < 4.78 is 15.9. The van der Waals surface area contributed by atoms with Crippen molar-refractivity contribution in [3.05, 3.63) is 24.0 Å². The van der Waals surface area contributed by atoms with Crippen LogP contribution in [-0.4, -0.2) is 24.4 Å². The average molecular weight is 289 g/mol. The Morgan fingerprint density at radius 3 is 2.52 bits per heavy atom. The Bertz CT molecular complexity index is 633. The number of nitrogens with two attached hydrogens (primary N) is 1. The van der Waals surface area contributed by atoms with Crippen LogP contribution in [0.5, 0.6) is 11.5 Å². The molecule has 2 aromatic rings. The second kappa shape index (κ2) is 5.37. The van der Waals surface area contributed by atoms with Crippen molar-refractivity contribution in [3.63, 3.8) is 0 Å². The molecular formula is C15H19N3O3. The molecule has 0 unspecified atom stereocenters. The minimum absolute atomic E-state index is 0.446. The zero-order valence-corrected chi connectivity index (χ0v) is 12.3. The molecule has 0 saturated heterocycles. The van der Waals surface area contributed by atoms with E-state index in [4.69, 9.17) is 19.7 Å². The molecule has 1 aliphatic carbocycles. The number of hydrogen-bond acceptors (Lipinski definition) is 6. The minimum Gasteiger partial charge on any atom is -0.493 e. The highest BCUT2D eigenvalue weighted by atomic mass is 16.5. The first-order chi connectivity index (χ1) is 10.2. The first kappa shape index (κ1) is 13.9. The van der Waals surface area contributed by atoms with Crippen LogP contribution in [0.15, 0.2) is 22.7 Å². The van der Waals surface area contributed by atoms with Gasteiger partial charge in [-0.1, -0.05) is 18.0 Å². The second-order valence-corrected chi connectivity index (χ2v) is 5.36. The number of ether oxygens (including phenoxy) is 2. The van der Waals surface area contributed by atoms with Crippen molar-refractivity contribution in [1.82, 2.24) is 10.1 Å². The Morgan fingerprint density at radius 1 is 1.14 bits per heavy atom. The lowest BCUT2D eigenvalue weighted by molar-refractivity contribution is 0.354. The monoisotopic (exact) mass is 289 g/mol. The smallest absolute Gasteiger partial charge is 0.258 e. The van der Waals surface area contributed by atoms with Crippen molar-refractivity contribution in [2.24, 2.45) is 5.73 Å². The van der Waals surface area contributed by atoms with Crippen molar-refractivity contribution in [2.75, 3.05) is 14.2 Å². The van der Waals surface area contributed by atoms with Gasteiger partial charge in [-0.15, -0.1) is 0 Å². The molecule has 3 rings (SSSR count). The topological polar surface area (TPSA) is 83.4 Å². The van der Waals surface area contributed by atoms with Crippen LogP contribution in [0, 0.1) is 0 Å². The fraction of sp³-hybridized carbons (Fsp3) is 0.467. The van der Waals surface area contributed by atoms with Gasteiger partial charge >= 0.3 is 0 Å².